The highest BCUT2D eigenvalue weighted by molar-refractivity contribution is 5.97. The van der Waals surface area contributed by atoms with E-state index in [0.717, 1.165) is 50.8 Å². The van der Waals surface area contributed by atoms with Crippen molar-refractivity contribution in [2.45, 2.75) is 104 Å². The molecule has 2 heterocycles. The van der Waals surface area contributed by atoms with E-state index < -0.39 is 23.0 Å². The number of hydrogen-bond donors (Lipinski definition) is 1. The van der Waals surface area contributed by atoms with Crippen LogP contribution in [0.25, 0.3) is 6.08 Å². The molecule has 1 aromatic rings. The topological polar surface area (TPSA) is 103 Å². The van der Waals surface area contributed by atoms with E-state index in [9.17, 15) is 14.7 Å². The second-order valence-electron chi connectivity index (χ2n) is 12.9. The van der Waals surface area contributed by atoms with Gasteiger partial charge in [-0.1, -0.05) is 32.8 Å². The molecule has 206 valence electrons. The summed E-state index contributed by atoms with van der Waals surface area (Å²) in [7, 11) is 0. The van der Waals surface area contributed by atoms with Gasteiger partial charge in [-0.2, -0.15) is 5.10 Å². The number of rotatable bonds is 6. The first-order valence-electron chi connectivity index (χ1n) is 14.4. The number of hydrogen-bond acceptors (Lipinski definition) is 7. The quantitative estimate of drug-likeness (QED) is 0.563. The van der Waals surface area contributed by atoms with Gasteiger partial charge in [0.05, 0.1) is 11.8 Å². The zero-order chi connectivity index (χ0) is 27.0. The molecular weight excluding hydrogens is 482 g/mol. The molecule has 1 aliphatic heterocycles. The molecular formula is C30H41N3O5. The minimum atomic E-state index is -1.12. The lowest BCUT2D eigenvalue weighted by Crippen LogP contribution is -2.62. The maximum Gasteiger partial charge on any atom is 0.303 e. The van der Waals surface area contributed by atoms with E-state index in [1.165, 1.54) is 18.1 Å². The van der Waals surface area contributed by atoms with Crippen molar-refractivity contribution in [3.63, 3.8) is 0 Å². The predicted octanol–water partition coefficient (Wildman–Crippen LogP) is 4.13. The smallest absolute Gasteiger partial charge is 0.303 e. The van der Waals surface area contributed by atoms with Crippen LogP contribution < -0.4 is 0 Å². The summed E-state index contributed by atoms with van der Waals surface area (Å²) < 4.78 is 13.4. The molecule has 3 fully saturated rings. The number of esters is 1. The van der Waals surface area contributed by atoms with Crippen molar-refractivity contribution in [2.24, 2.45) is 33.6 Å². The Balaban J connectivity index is 1.34. The normalized spacial score (nSPS) is 40.5. The molecule has 0 radical (unpaired) electrons. The van der Waals surface area contributed by atoms with Gasteiger partial charge in [-0.3, -0.25) is 14.3 Å². The number of nitrogens with zero attached hydrogens (tertiary/aromatic N) is 3. The van der Waals surface area contributed by atoms with Crippen LogP contribution in [0.1, 0.15) is 84.4 Å². The van der Waals surface area contributed by atoms with Crippen LogP contribution in [-0.2, 0) is 32.0 Å². The average Bonchev–Trinajstić information content (AvgIpc) is 3.47. The number of carbonyl (C=O) groups is 2. The lowest BCUT2D eigenvalue weighted by Gasteiger charge is -2.60. The molecule has 0 amide bonds. The van der Waals surface area contributed by atoms with Crippen LogP contribution in [0.15, 0.2) is 16.8 Å². The number of carbonyl (C=O) groups excluding carboxylic acids is 2. The van der Waals surface area contributed by atoms with Crippen LogP contribution in [0, 0.1) is 28.6 Å². The number of aryl methyl sites for hydroxylation is 1. The fourth-order valence-electron chi connectivity index (χ4n) is 9.31. The largest absolute Gasteiger partial charge is 0.475 e. The molecule has 8 atom stereocenters. The summed E-state index contributed by atoms with van der Waals surface area (Å²) in [6.07, 6.45) is 9.84. The van der Waals surface area contributed by atoms with Crippen molar-refractivity contribution in [1.29, 1.82) is 0 Å². The van der Waals surface area contributed by atoms with Gasteiger partial charge in [0.25, 0.3) is 0 Å². The van der Waals surface area contributed by atoms with Crippen LogP contribution in [0.2, 0.25) is 0 Å². The van der Waals surface area contributed by atoms with Crippen LogP contribution >= 0.6 is 0 Å². The molecule has 0 spiro atoms. The van der Waals surface area contributed by atoms with Crippen molar-refractivity contribution >= 4 is 23.7 Å². The average molecular weight is 524 g/mol. The number of unbranched alkanes of at least 4 members (excludes halogenated alkanes) is 1. The fourth-order valence-corrected chi connectivity index (χ4v) is 9.31. The molecule has 6 rings (SSSR count). The second kappa shape index (κ2) is 8.77. The van der Waals surface area contributed by atoms with E-state index in [2.05, 4.69) is 37.7 Å². The van der Waals surface area contributed by atoms with E-state index in [4.69, 9.17) is 19.6 Å². The molecule has 1 aromatic heterocycles. The summed E-state index contributed by atoms with van der Waals surface area (Å²) in [6, 6.07) is 0. The highest BCUT2D eigenvalue weighted by Gasteiger charge is 2.74. The Hall–Kier alpha value is -2.48. The first kappa shape index (κ1) is 25.8. The van der Waals surface area contributed by atoms with Crippen LogP contribution in [-0.4, -0.2) is 56.9 Å². The van der Waals surface area contributed by atoms with E-state index in [1.54, 1.807) is 6.92 Å². The first-order valence-corrected chi connectivity index (χ1v) is 14.4. The Morgan fingerprint density at radius 3 is 2.84 bits per heavy atom. The lowest BCUT2D eigenvalue weighted by molar-refractivity contribution is -0.156. The maximum absolute atomic E-state index is 13.8. The van der Waals surface area contributed by atoms with Crippen molar-refractivity contribution in [3.8, 4) is 0 Å². The number of aliphatic imine (C=N–C) groups is 1. The Morgan fingerprint density at radius 2 is 2.11 bits per heavy atom. The van der Waals surface area contributed by atoms with Gasteiger partial charge >= 0.3 is 5.97 Å². The number of ketones is 1. The third kappa shape index (κ3) is 3.44. The third-order valence-corrected chi connectivity index (χ3v) is 10.8. The van der Waals surface area contributed by atoms with Gasteiger partial charge in [0, 0.05) is 32.0 Å². The van der Waals surface area contributed by atoms with Crippen molar-refractivity contribution in [3.05, 3.63) is 23.0 Å². The van der Waals surface area contributed by atoms with E-state index >= 15 is 0 Å². The standard InChI is InChI=1S/C30H41N3O5/c1-6-7-10-33-15-19-13-28(4)20(11-23(19)32-33)8-9-21-22-12-26-30(31-17(2)38-26,25(36)16-37-18(3)34)29(22,5)14-24(35)27(21)28/h11,15,21-22,24,26-27,35H,6-10,12-14,16H2,1-5H3/t21-,22-,24-,26+,27+,28-,29-,30+/m0/s1. The maximum atomic E-state index is 13.8. The van der Waals surface area contributed by atoms with E-state index in [1.807, 2.05) is 0 Å². The molecule has 1 N–H and O–H groups in total. The summed E-state index contributed by atoms with van der Waals surface area (Å²) in [4.78, 5) is 30.2. The Kier molecular flexibility index (Phi) is 5.95. The third-order valence-electron chi connectivity index (χ3n) is 10.8. The zero-order valence-corrected chi connectivity index (χ0v) is 23.3. The zero-order valence-electron chi connectivity index (χ0n) is 23.3. The van der Waals surface area contributed by atoms with Crippen molar-refractivity contribution in [2.75, 3.05) is 6.61 Å². The Labute approximate surface area is 224 Å². The summed E-state index contributed by atoms with van der Waals surface area (Å²) in [5.74, 6) is 0.343. The number of allylic oxidation sites excluding steroid dienone is 1. The van der Waals surface area contributed by atoms with Gasteiger partial charge in [0.15, 0.2) is 18.0 Å². The predicted molar refractivity (Wildman–Crippen MR) is 142 cm³/mol. The molecule has 0 saturated heterocycles. The van der Waals surface area contributed by atoms with Crippen LogP contribution in [0.5, 0.6) is 0 Å². The molecule has 3 saturated carbocycles. The van der Waals surface area contributed by atoms with Crippen LogP contribution in [0.4, 0.5) is 0 Å². The molecule has 4 aliphatic carbocycles. The molecule has 0 bridgehead atoms. The first-order chi connectivity index (χ1) is 18.0. The Morgan fingerprint density at radius 1 is 1.32 bits per heavy atom. The fraction of sp³-hybridized carbons (Fsp3) is 0.733. The molecule has 8 nitrogen and oxygen atoms in total. The summed E-state index contributed by atoms with van der Waals surface area (Å²) in [6.45, 7) is 10.4. The minimum absolute atomic E-state index is 0.0947. The van der Waals surface area contributed by atoms with Crippen molar-refractivity contribution < 1.29 is 24.2 Å². The summed E-state index contributed by atoms with van der Waals surface area (Å²) >= 11 is 0. The molecule has 38 heavy (non-hydrogen) atoms. The number of aromatic nitrogens is 2. The molecule has 0 aromatic carbocycles. The van der Waals surface area contributed by atoms with Gasteiger partial charge < -0.3 is 14.6 Å². The lowest BCUT2D eigenvalue weighted by atomic mass is 9.45. The summed E-state index contributed by atoms with van der Waals surface area (Å²) in [5, 5.41) is 16.8. The highest BCUT2D eigenvalue weighted by Crippen LogP contribution is 2.69. The molecule has 0 unspecified atom stereocenters. The number of fused-ring (bicyclic) bond motifs is 8. The second-order valence-corrected chi connectivity index (χ2v) is 12.9. The number of ether oxygens (including phenoxy) is 2. The van der Waals surface area contributed by atoms with E-state index in [0.29, 0.717) is 12.3 Å². The highest BCUT2D eigenvalue weighted by atomic mass is 16.5. The molecule has 8 heteroatoms. The monoisotopic (exact) mass is 523 g/mol. The van der Waals surface area contributed by atoms with E-state index in [-0.39, 0.29) is 41.7 Å². The summed E-state index contributed by atoms with van der Waals surface area (Å²) in [5.41, 5.74) is 1.91. The SMILES string of the molecule is CCCCn1cc2c(n1)C=C1CC[C@@H]3[C@H]([C@@H](O)C[C@@]4(C)[C@H]3C[C@H]3OC(C)=N[C@]34C(=O)COC(C)=O)[C@@]1(C)C2. The molecule has 5 aliphatic rings. The number of Topliss-reactive ketones (excluding diaryl/α,β-unsaturated/α-hetero) is 1. The Bertz CT molecular complexity index is 1230. The van der Waals surface area contributed by atoms with Gasteiger partial charge in [0.2, 0.25) is 5.78 Å². The minimum Gasteiger partial charge on any atom is -0.475 e. The number of aliphatic hydroxyl groups excluding tert-OH is 1. The van der Waals surface area contributed by atoms with Crippen LogP contribution in [0.3, 0.4) is 0 Å². The number of aliphatic hydroxyl groups is 1. The van der Waals surface area contributed by atoms with Gasteiger partial charge in [0.1, 0.15) is 6.10 Å². The van der Waals surface area contributed by atoms with Crippen molar-refractivity contribution in [1.82, 2.24) is 9.78 Å². The van der Waals surface area contributed by atoms with Gasteiger partial charge in [-0.15, -0.1) is 0 Å². The van der Waals surface area contributed by atoms with Gasteiger partial charge in [-0.05, 0) is 73.3 Å². The van der Waals surface area contributed by atoms with Gasteiger partial charge in [-0.25, -0.2) is 4.99 Å².